The van der Waals surface area contributed by atoms with E-state index in [9.17, 15) is 23.1 Å². The van der Waals surface area contributed by atoms with Gasteiger partial charge >= 0.3 is 45.6 Å². The Morgan fingerprint density at radius 2 is 1.55 bits per heavy atom. The van der Waals surface area contributed by atoms with Crippen LogP contribution in [0.4, 0.5) is 0 Å². The second-order valence-electron chi connectivity index (χ2n) is 4.36. The molecule has 112 valence electrons. The fourth-order valence-corrected chi connectivity index (χ4v) is 2.50. The average molecular weight is 316 g/mol. The first-order chi connectivity index (χ1) is 8.87. The predicted molar refractivity (Wildman–Crippen MR) is 67.5 cm³/mol. The summed E-state index contributed by atoms with van der Waals surface area (Å²) in [6.07, 6.45) is 4.47. The van der Waals surface area contributed by atoms with E-state index in [0.717, 1.165) is 32.1 Å². The predicted octanol–water partition coefficient (Wildman–Crippen LogP) is -2.25. The minimum atomic E-state index is -3.88. The van der Waals surface area contributed by atoms with E-state index in [1.807, 2.05) is 0 Å². The number of carbonyl (C=O) groups excluding carboxylic acids is 2. The Bertz CT molecular complexity index is 379. The molecule has 8 heteroatoms. The SMILES string of the molecule is CCCCCCCCS(=O)(=O)OC(=O)CCC(=O)[O-].[Na+]. The van der Waals surface area contributed by atoms with Gasteiger partial charge in [-0.05, 0) is 12.8 Å². The van der Waals surface area contributed by atoms with Crippen molar-refractivity contribution in [3.8, 4) is 0 Å². The minimum Gasteiger partial charge on any atom is -0.550 e. The molecule has 0 heterocycles. The van der Waals surface area contributed by atoms with Gasteiger partial charge in [0.05, 0.1) is 12.2 Å². The zero-order chi connectivity index (χ0) is 14.7. The van der Waals surface area contributed by atoms with Crippen LogP contribution in [0.25, 0.3) is 0 Å². The van der Waals surface area contributed by atoms with Gasteiger partial charge in [-0.2, -0.15) is 8.42 Å². The molecule has 20 heavy (non-hydrogen) atoms. The van der Waals surface area contributed by atoms with Crippen LogP contribution in [0.3, 0.4) is 0 Å². The van der Waals surface area contributed by atoms with E-state index in [0.29, 0.717) is 6.42 Å². The molecule has 0 amide bonds. The van der Waals surface area contributed by atoms with Gasteiger partial charge in [-0.1, -0.05) is 39.0 Å². The molecule has 0 aliphatic heterocycles. The van der Waals surface area contributed by atoms with Gasteiger partial charge in [-0.25, -0.2) is 0 Å². The normalized spacial score (nSPS) is 10.7. The molecule has 0 saturated carbocycles. The third kappa shape index (κ3) is 14.3. The van der Waals surface area contributed by atoms with E-state index in [1.54, 1.807) is 0 Å². The largest absolute Gasteiger partial charge is 1.00 e. The van der Waals surface area contributed by atoms with E-state index in [1.165, 1.54) is 0 Å². The monoisotopic (exact) mass is 316 g/mol. The van der Waals surface area contributed by atoms with Gasteiger partial charge in [0.1, 0.15) is 0 Å². The summed E-state index contributed by atoms with van der Waals surface area (Å²) in [7, 11) is -3.88. The van der Waals surface area contributed by atoms with Gasteiger partial charge in [-0.3, -0.25) is 4.79 Å². The molecule has 0 atom stereocenters. The number of carboxylic acid groups (broad SMARTS) is 1. The van der Waals surface area contributed by atoms with Gasteiger partial charge in [0, 0.05) is 5.97 Å². The van der Waals surface area contributed by atoms with Gasteiger partial charge in [0.2, 0.25) is 0 Å². The zero-order valence-corrected chi connectivity index (χ0v) is 15.0. The molecule has 0 aromatic rings. The van der Waals surface area contributed by atoms with E-state index < -0.39 is 34.9 Å². The van der Waals surface area contributed by atoms with Crippen LogP contribution in [0.1, 0.15) is 58.3 Å². The molecule has 0 N–H and O–H groups in total. The Kier molecular flexibility index (Phi) is 14.0. The minimum absolute atomic E-state index is 0. The Balaban J connectivity index is 0. The second kappa shape index (κ2) is 12.6. The van der Waals surface area contributed by atoms with Crippen LogP contribution in [0.2, 0.25) is 0 Å². The van der Waals surface area contributed by atoms with Crippen molar-refractivity contribution in [3.05, 3.63) is 0 Å². The molecule has 0 fully saturated rings. The molecule has 0 bridgehead atoms. The summed E-state index contributed by atoms with van der Waals surface area (Å²) in [5, 5.41) is 10.1. The van der Waals surface area contributed by atoms with Crippen LogP contribution in [0.5, 0.6) is 0 Å². The van der Waals surface area contributed by atoms with E-state index >= 15 is 0 Å². The molecule has 0 spiro atoms. The van der Waals surface area contributed by atoms with Crippen molar-refractivity contribution in [2.24, 2.45) is 0 Å². The summed E-state index contributed by atoms with van der Waals surface area (Å²) in [5.74, 6) is -2.67. The van der Waals surface area contributed by atoms with Crippen molar-refractivity contribution in [3.63, 3.8) is 0 Å². The number of hydrogen-bond donors (Lipinski definition) is 0. The van der Waals surface area contributed by atoms with Crippen molar-refractivity contribution in [1.29, 1.82) is 0 Å². The maximum Gasteiger partial charge on any atom is 1.00 e. The molecular formula is C12H21NaO6S. The maximum atomic E-state index is 11.4. The van der Waals surface area contributed by atoms with Crippen LogP contribution in [0, 0.1) is 0 Å². The Morgan fingerprint density at radius 3 is 2.10 bits per heavy atom. The molecule has 0 rings (SSSR count). The first-order valence-corrected chi connectivity index (χ1v) is 8.10. The van der Waals surface area contributed by atoms with Crippen molar-refractivity contribution in [2.75, 3.05) is 5.75 Å². The Labute approximate surface area is 142 Å². The van der Waals surface area contributed by atoms with Crippen molar-refractivity contribution in [1.82, 2.24) is 0 Å². The number of aliphatic carboxylic acids is 1. The zero-order valence-electron chi connectivity index (χ0n) is 12.2. The Morgan fingerprint density at radius 1 is 1.00 bits per heavy atom. The maximum absolute atomic E-state index is 11.4. The third-order valence-corrected chi connectivity index (χ3v) is 3.73. The molecule has 0 unspecified atom stereocenters. The second-order valence-corrected chi connectivity index (χ2v) is 6.05. The van der Waals surface area contributed by atoms with Crippen LogP contribution in [0.15, 0.2) is 0 Å². The standard InChI is InChI=1S/C12H22O6S.Na/c1-2-3-4-5-6-7-10-19(16,17)18-12(15)9-8-11(13)14;/h2-10H2,1H3,(H,13,14);/q;+1/p-1. The summed E-state index contributed by atoms with van der Waals surface area (Å²) >= 11 is 0. The van der Waals surface area contributed by atoms with E-state index in [2.05, 4.69) is 11.1 Å². The van der Waals surface area contributed by atoms with Gasteiger partial charge in [0.15, 0.2) is 0 Å². The molecule has 0 aromatic heterocycles. The van der Waals surface area contributed by atoms with Gasteiger partial charge < -0.3 is 14.1 Å². The topological polar surface area (TPSA) is 101 Å². The molecule has 0 aliphatic carbocycles. The number of hydrogen-bond acceptors (Lipinski definition) is 6. The fourth-order valence-electron chi connectivity index (χ4n) is 1.49. The number of carboxylic acids is 1. The van der Waals surface area contributed by atoms with Crippen LogP contribution in [-0.4, -0.2) is 26.1 Å². The summed E-state index contributed by atoms with van der Waals surface area (Å²) in [4.78, 5) is 21.1. The quantitative estimate of drug-likeness (QED) is 0.243. The summed E-state index contributed by atoms with van der Waals surface area (Å²) < 4.78 is 27.0. The molecule has 6 nitrogen and oxygen atoms in total. The summed E-state index contributed by atoms with van der Waals surface area (Å²) in [6, 6.07) is 0. The van der Waals surface area contributed by atoms with Crippen molar-refractivity contribution >= 4 is 22.1 Å². The van der Waals surface area contributed by atoms with Crippen LogP contribution >= 0.6 is 0 Å². The van der Waals surface area contributed by atoms with Gasteiger partial charge in [0.25, 0.3) is 0 Å². The number of carbonyl (C=O) groups is 2. The fraction of sp³-hybridized carbons (Fsp3) is 0.833. The summed E-state index contributed by atoms with van der Waals surface area (Å²) in [6.45, 7) is 2.09. The summed E-state index contributed by atoms with van der Waals surface area (Å²) in [5.41, 5.74) is 0. The Hall–Kier alpha value is -0.110. The molecule has 0 aromatic carbocycles. The first-order valence-electron chi connectivity index (χ1n) is 6.52. The first kappa shape index (κ1) is 22.2. The van der Waals surface area contributed by atoms with Crippen molar-refractivity contribution < 1.29 is 56.9 Å². The van der Waals surface area contributed by atoms with E-state index in [-0.39, 0.29) is 35.3 Å². The van der Waals surface area contributed by atoms with Crippen LogP contribution < -0.4 is 34.7 Å². The number of rotatable bonds is 11. The van der Waals surface area contributed by atoms with Crippen molar-refractivity contribution in [2.45, 2.75) is 58.3 Å². The third-order valence-electron chi connectivity index (χ3n) is 2.50. The number of unbranched alkanes of at least 4 members (excludes halogenated alkanes) is 5. The molecule has 0 saturated heterocycles. The molecule has 0 radical (unpaired) electrons. The molecular weight excluding hydrogens is 295 g/mol. The van der Waals surface area contributed by atoms with Gasteiger partial charge in [-0.15, -0.1) is 0 Å². The van der Waals surface area contributed by atoms with Crippen LogP contribution in [-0.2, 0) is 23.9 Å². The smallest absolute Gasteiger partial charge is 0.550 e. The average Bonchev–Trinajstić information content (AvgIpc) is 2.30. The molecule has 0 aliphatic rings. The van der Waals surface area contributed by atoms with E-state index in [4.69, 9.17) is 0 Å².